The van der Waals surface area contributed by atoms with E-state index in [-0.39, 0.29) is 6.04 Å². The molecular formula is C14H16N4S. The number of fused-ring (bicyclic) bond motifs is 1. The van der Waals surface area contributed by atoms with Crippen LogP contribution in [-0.2, 0) is 6.42 Å². The van der Waals surface area contributed by atoms with Crippen LogP contribution in [0.25, 0.3) is 5.52 Å². The Balaban J connectivity index is 1.89. The van der Waals surface area contributed by atoms with E-state index in [4.69, 9.17) is 5.73 Å². The SMILES string of the molecule is Cc1nc(CC(N)c2cnn3ccccc23)sc1C. The third-order valence-electron chi connectivity index (χ3n) is 3.32. The highest BCUT2D eigenvalue weighted by molar-refractivity contribution is 7.11. The van der Waals surface area contributed by atoms with Gasteiger partial charge < -0.3 is 5.73 Å². The highest BCUT2D eigenvalue weighted by Gasteiger charge is 2.15. The molecule has 0 amide bonds. The normalized spacial score (nSPS) is 13.0. The summed E-state index contributed by atoms with van der Waals surface area (Å²) in [7, 11) is 0. The van der Waals surface area contributed by atoms with Gasteiger partial charge in [0.2, 0.25) is 0 Å². The topological polar surface area (TPSA) is 56.2 Å². The van der Waals surface area contributed by atoms with E-state index in [1.54, 1.807) is 11.3 Å². The second kappa shape index (κ2) is 4.75. The summed E-state index contributed by atoms with van der Waals surface area (Å²) in [6, 6.07) is 5.94. The van der Waals surface area contributed by atoms with Crippen molar-refractivity contribution in [3.8, 4) is 0 Å². The van der Waals surface area contributed by atoms with Crippen LogP contribution in [0.3, 0.4) is 0 Å². The summed E-state index contributed by atoms with van der Waals surface area (Å²) in [4.78, 5) is 5.82. The average Bonchev–Trinajstić information content (AvgIpc) is 2.94. The molecule has 0 aliphatic rings. The molecule has 0 aromatic carbocycles. The molecule has 0 fully saturated rings. The molecule has 98 valence electrons. The van der Waals surface area contributed by atoms with E-state index < -0.39 is 0 Å². The maximum atomic E-state index is 6.31. The Hall–Kier alpha value is -1.72. The van der Waals surface area contributed by atoms with E-state index in [1.165, 1.54) is 4.88 Å². The Labute approximate surface area is 115 Å². The van der Waals surface area contributed by atoms with Gasteiger partial charge in [-0.15, -0.1) is 11.3 Å². The minimum atomic E-state index is -0.0650. The van der Waals surface area contributed by atoms with Crippen LogP contribution in [0.5, 0.6) is 0 Å². The van der Waals surface area contributed by atoms with Crippen molar-refractivity contribution in [2.45, 2.75) is 26.3 Å². The van der Waals surface area contributed by atoms with E-state index in [1.807, 2.05) is 42.0 Å². The van der Waals surface area contributed by atoms with Crippen molar-refractivity contribution in [1.29, 1.82) is 0 Å². The first-order valence-electron chi connectivity index (χ1n) is 6.26. The number of aromatic nitrogens is 3. The molecule has 0 aliphatic carbocycles. The van der Waals surface area contributed by atoms with E-state index in [9.17, 15) is 0 Å². The Morgan fingerprint density at radius 2 is 2.21 bits per heavy atom. The van der Waals surface area contributed by atoms with Gasteiger partial charge in [0.1, 0.15) is 0 Å². The number of aryl methyl sites for hydroxylation is 2. The number of hydrogen-bond donors (Lipinski definition) is 1. The number of pyridine rings is 1. The molecule has 1 atom stereocenters. The van der Waals surface area contributed by atoms with Crippen molar-refractivity contribution in [2.75, 3.05) is 0 Å². The summed E-state index contributed by atoms with van der Waals surface area (Å²) in [6.45, 7) is 4.13. The second-order valence-corrected chi connectivity index (χ2v) is 5.98. The van der Waals surface area contributed by atoms with Crippen molar-refractivity contribution in [2.24, 2.45) is 5.73 Å². The van der Waals surface area contributed by atoms with Gasteiger partial charge in [0.05, 0.1) is 22.4 Å². The van der Waals surface area contributed by atoms with Crippen molar-refractivity contribution < 1.29 is 0 Å². The van der Waals surface area contributed by atoms with Gasteiger partial charge in [-0.3, -0.25) is 0 Å². The molecule has 3 aromatic rings. The molecule has 0 bridgehead atoms. The Bertz CT molecular complexity index is 694. The highest BCUT2D eigenvalue weighted by atomic mass is 32.1. The average molecular weight is 272 g/mol. The van der Waals surface area contributed by atoms with Crippen LogP contribution in [0.4, 0.5) is 0 Å². The summed E-state index contributed by atoms with van der Waals surface area (Å²) in [5.41, 5.74) is 9.56. The predicted molar refractivity (Wildman–Crippen MR) is 77.4 cm³/mol. The van der Waals surface area contributed by atoms with Gasteiger partial charge in [-0.1, -0.05) is 6.07 Å². The van der Waals surface area contributed by atoms with Crippen molar-refractivity contribution in [3.05, 3.63) is 51.7 Å². The molecule has 2 N–H and O–H groups in total. The van der Waals surface area contributed by atoms with E-state index >= 15 is 0 Å². The summed E-state index contributed by atoms with van der Waals surface area (Å²) in [5, 5.41) is 5.42. The number of rotatable bonds is 3. The first-order chi connectivity index (χ1) is 9.15. The third-order valence-corrected chi connectivity index (χ3v) is 4.42. The molecular weight excluding hydrogens is 256 g/mol. The molecule has 0 saturated heterocycles. The Morgan fingerprint density at radius 1 is 1.37 bits per heavy atom. The molecule has 0 aliphatic heterocycles. The zero-order valence-corrected chi connectivity index (χ0v) is 11.8. The quantitative estimate of drug-likeness (QED) is 0.797. The number of nitrogens with two attached hydrogens (primary N) is 1. The van der Waals surface area contributed by atoms with Crippen LogP contribution in [0.1, 0.15) is 27.2 Å². The molecule has 0 spiro atoms. The zero-order valence-electron chi connectivity index (χ0n) is 11.0. The Kier molecular flexibility index (Phi) is 3.08. The van der Waals surface area contributed by atoms with Crippen LogP contribution >= 0.6 is 11.3 Å². The second-order valence-electron chi connectivity index (χ2n) is 4.69. The largest absolute Gasteiger partial charge is 0.323 e. The molecule has 3 aromatic heterocycles. The Morgan fingerprint density at radius 3 is 2.95 bits per heavy atom. The fourth-order valence-electron chi connectivity index (χ4n) is 2.16. The van der Waals surface area contributed by atoms with Crippen LogP contribution < -0.4 is 5.73 Å². The van der Waals surface area contributed by atoms with Crippen LogP contribution in [0, 0.1) is 13.8 Å². The van der Waals surface area contributed by atoms with Gasteiger partial charge in [0, 0.05) is 29.1 Å². The number of hydrogen-bond acceptors (Lipinski definition) is 4. The standard InChI is InChI=1S/C14H16N4S/c1-9-10(2)19-14(17-9)7-12(15)11-8-16-18-6-4-3-5-13(11)18/h3-6,8,12H,7,15H2,1-2H3. The lowest BCUT2D eigenvalue weighted by molar-refractivity contribution is 0.722. The van der Waals surface area contributed by atoms with Crippen LogP contribution in [0.2, 0.25) is 0 Å². The maximum Gasteiger partial charge on any atom is 0.0949 e. The van der Waals surface area contributed by atoms with Gasteiger partial charge in [-0.2, -0.15) is 5.10 Å². The maximum absolute atomic E-state index is 6.31. The van der Waals surface area contributed by atoms with E-state index in [2.05, 4.69) is 17.0 Å². The molecule has 3 heterocycles. The fraction of sp³-hybridized carbons (Fsp3) is 0.286. The third kappa shape index (κ3) is 2.27. The van der Waals surface area contributed by atoms with Gasteiger partial charge >= 0.3 is 0 Å². The van der Waals surface area contributed by atoms with Gasteiger partial charge in [-0.05, 0) is 26.0 Å². The lowest BCUT2D eigenvalue weighted by Gasteiger charge is -2.08. The molecule has 0 radical (unpaired) electrons. The van der Waals surface area contributed by atoms with Gasteiger partial charge in [-0.25, -0.2) is 9.50 Å². The lowest BCUT2D eigenvalue weighted by atomic mass is 10.1. The van der Waals surface area contributed by atoms with Gasteiger partial charge in [0.25, 0.3) is 0 Å². The van der Waals surface area contributed by atoms with Gasteiger partial charge in [0.15, 0.2) is 0 Å². The smallest absolute Gasteiger partial charge is 0.0949 e. The predicted octanol–water partition coefficient (Wildman–Crippen LogP) is 2.65. The first-order valence-corrected chi connectivity index (χ1v) is 7.07. The molecule has 5 heteroatoms. The summed E-state index contributed by atoms with van der Waals surface area (Å²) in [6.07, 6.45) is 4.55. The lowest BCUT2D eigenvalue weighted by Crippen LogP contribution is -2.13. The molecule has 19 heavy (non-hydrogen) atoms. The number of thiazole rings is 1. The number of nitrogens with zero attached hydrogens (tertiary/aromatic N) is 3. The van der Waals surface area contributed by atoms with Crippen LogP contribution in [0.15, 0.2) is 30.6 Å². The van der Waals surface area contributed by atoms with E-state index in [0.717, 1.165) is 28.2 Å². The minimum absolute atomic E-state index is 0.0650. The van der Waals surface area contributed by atoms with Crippen LogP contribution in [-0.4, -0.2) is 14.6 Å². The molecule has 4 nitrogen and oxygen atoms in total. The van der Waals surface area contributed by atoms with Crippen molar-refractivity contribution >= 4 is 16.9 Å². The highest BCUT2D eigenvalue weighted by Crippen LogP contribution is 2.24. The zero-order chi connectivity index (χ0) is 13.4. The van der Waals surface area contributed by atoms with Crippen molar-refractivity contribution in [3.63, 3.8) is 0 Å². The molecule has 0 saturated carbocycles. The van der Waals surface area contributed by atoms with Crippen molar-refractivity contribution in [1.82, 2.24) is 14.6 Å². The van der Waals surface area contributed by atoms with E-state index in [0.29, 0.717) is 0 Å². The minimum Gasteiger partial charge on any atom is -0.323 e. The summed E-state index contributed by atoms with van der Waals surface area (Å²) >= 11 is 1.73. The summed E-state index contributed by atoms with van der Waals surface area (Å²) < 4.78 is 1.85. The fourth-order valence-corrected chi connectivity index (χ4v) is 3.16. The molecule has 1 unspecified atom stereocenters. The monoisotopic (exact) mass is 272 g/mol. The molecule has 3 rings (SSSR count). The first kappa shape index (κ1) is 12.3. The summed E-state index contributed by atoms with van der Waals surface area (Å²) in [5.74, 6) is 0.